The predicted octanol–water partition coefficient (Wildman–Crippen LogP) is 3.22. The minimum Gasteiger partial charge on any atom is -0.449 e. The normalized spacial score (nSPS) is 11.5. The van der Waals surface area contributed by atoms with Crippen molar-refractivity contribution in [3.05, 3.63) is 45.9 Å². The van der Waals surface area contributed by atoms with E-state index in [2.05, 4.69) is 38.1 Å². The van der Waals surface area contributed by atoms with Gasteiger partial charge in [0.15, 0.2) is 3.77 Å². The molecule has 0 aliphatic rings. The lowest BCUT2D eigenvalue weighted by molar-refractivity contribution is 0.531. The van der Waals surface area contributed by atoms with Crippen LogP contribution < -0.4 is 5.43 Å². The van der Waals surface area contributed by atoms with E-state index in [0.717, 1.165) is 14.8 Å². The molecule has 2 heterocycles. The monoisotopic (exact) mass is 366 g/mol. The third kappa shape index (κ3) is 2.48. The Labute approximate surface area is 123 Å². The molecular weight excluding hydrogens is 355 g/mol. The lowest BCUT2D eigenvalue weighted by Crippen LogP contribution is -1.98. The molecule has 1 aromatic carbocycles. The largest absolute Gasteiger partial charge is 0.449 e. The van der Waals surface area contributed by atoms with Crippen LogP contribution in [0, 0.1) is 3.77 Å². The highest BCUT2D eigenvalue weighted by molar-refractivity contribution is 14.1. The molecule has 3 aromatic rings. The van der Waals surface area contributed by atoms with Crippen LogP contribution in [0.3, 0.4) is 0 Å². The maximum absolute atomic E-state index is 5.38. The Bertz CT molecular complexity index is 744. The van der Waals surface area contributed by atoms with Crippen molar-refractivity contribution in [1.29, 1.82) is 0 Å². The number of halogens is 1. The van der Waals surface area contributed by atoms with Crippen molar-refractivity contribution in [2.75, 3.05) is 5.43 Å². The van der Waals surface area contributed by atoms with Crippen LogP contribution in [0.1, 0.15) is 5.76 Å². The number of aromatic nitrogens is 2. The Kier molecular flexibility index (Phi) is 3.24. The highest BCUT2D eigenvalue weighted by atomic mass is 127. The van der Waals surface area contributed by atoms with Gasteiger partial charge in [0, 0.05) is 7.05 Å². The van der Waals surface area contributed by atoms with E-state index in [-0.39, 0.29) is 0 Å². The molecule has 5 nitrogen and oxygen atoms in total. The Hall–Kier alpha value is -1.83. The van der Waals surface area contributed by atoms with Gasteiger partial charge >= 0.3 is 0 Å². The van der Waals surface area contributed by atoms with Crippen LogP contribution in [-0.2, 0) is 7.05 Å². The van der Waals surface area contributed by atoms with E-state index >= 15 is 0 Å². The van der Waals surface area contributed by atoms with Gasteiger partial charge in [-0.25, -0.2) is 10.4 Å². The molecule has 0 aliphatic carbocycles. The second-order valence-corrected chi connectivity index (χ2v) is 5.06. The van der Waals surface area contributed by atoms with E-state index in [9.17, 15) is 0 Å². The fourth-order valence-electron chi connectivity index (χ4n) is 1.80. The molecule has 0 aliphatic heterocycles. The summed E-state index contributed by atoms with van der Waals surface area (Å²) in [6.07, 6.45) is 1.63. The first-order chi connectivity index (χ1) is 9.24. The molecule has 1 N–H and O–H groups in total. The van der Waals surface area contributed by atoms with Crippen LogP contribution in [0.15, 0.2) is 45.9 Å². The number of hydrazone groups is 1. The number of hydrogen-bond donors (Lipinski definition) is 1. The van der Waals surface area contributed by atoms with Gasteiger partial charge in [0.2, 0.25) is 5.95 Å². The molecule has 0 bridgehead atoms. The van der Waals surface area contributed by atoms with Crippen LogP contribution in [0.5, 0.6) is 0 Å². The van der Waals surface area contributed by atoms with Gasteiger partial charge < -0.3 is 8.98 Å². The Morgan fingerprint density at radius 3 is 2.89 bits per heavy atom. The third-order valence-electron chi connectivity index (χ3n) is 2.74. The first-order valence-electron chi connectivity index (χ1n) is 5.70. The molecule has 0 spiro atoms. The Balaban J connectivity index is 1.82. The zero-order valence-corrected chi connectivity index (χ0v) is 12.3. The fourth-order valence-corrected chi connectivity index (χ4v) is 2.23. The fraction of sp³-hybridized carbons (Fsp3) is 0.0769. The summed E-state index contributed by atoms with van der Waals surface area (Å²) in [6, 6.07) is 11.7. The first-order valence-corrected chi connectivity index (χ1v) is 6.78. The number of aryl methyl sites for hydroxylation is 1. The summed E-state index contributed by atoms with van der Waals surface area (Å²) in [5.74, 6) is 1.40. The highest BCUT2D eigenvalue weighted by Gasteiger charge is 2.05. The van der Waals surface area contributed by atoms with Gasteiger partial charge in [0.1, 0.15) is 5.76 Å². The molecule has 0 radical (unpaired) electrons. The smallest absolute Gasteiger partial charge is 0.224 e. The van der Waals surface area contributed by atoms with Crippen LogP contribution in [0.25, 0.3) is 11.0 Å². The van der Waals surface area contributed by atoms with E-state index < -0.39 is 0 Å². The molecule has 2 aromatic heterocycles. The lowest BCUT2D eigenvalue weighted by Gasteiger charge is -1.99. The number of furan rings is 1. The van der Waals surface area contributed by atoms with Crippen molar-refractivity contribution in [2.45, 2.75) is 0 Å². The van der Waals surface area contributed by atoms with Gasteiger partial charge in [-0.3, -0.25) is 0 Å². The number of nitrogens with one attached hydrogen (secondary N) is 1. The summed E-state index contributed by atoms with van der Waals surface area (Å²) in [4.78, 5) is 4.45. The number of rotatable bonds is 3. The number of fused-ring (bicyclic) bond motifs is 1. The zero-order valence-electron chi connectivity index (χ0n) is 10.2. The van der Waals surface area contributed by atoms with Crippen LogP contribution in [0.2, 0.25) is 0 Å². The minimum atomic E-state index is 0.693. The number of benzene rings is 1. The number of imidazole rings is 1. The molecule has 19 heavy (non-hydrogen) atoms. The number of para-hydroxylation sites is 2. The van der Waals surface area contributed by atoms with Crippen molar-refractivity contribution in [1.82, 2.24) is 9.55 Å². The van der Waals surface area contributed by atoms with E-state index in [1.165, 1.54) is 0 Å². The maximum atomic E-state index is 5.38. The zero-order chi connectivity index (χ0) is 13.2. The van der Waals surface area contributed by atoms with Gasteiger partial charge in [-0.15, -0.1) is 0 Å². The van der Waals surface area contributed by atoms with Crippen LogP contribution in [-0.4, -0.2) is 15.8 Å². The Morgan fingerprint density at radius 2 is 2.16 bits per heavy atom. The van der Waals surface area contributed by atoms with Crippen molar-refractivity contribution >= 4 is 45.8 Å². The molecule has 3 rings (SSSR count). The standard InChI is InChI=1S/C13H11IN4O/c1-18-11-5-3-2-4-10(11)16-13(18)17-15-8-9-6-7-12(14)19-9/h2-8H,1H3,(H,16,17)/b15-8-. The maximum Gasteiger partial charge on any atom is 0.224 e. The average Bonchev–Trinajstić information content (AvgIpc) is 2.96. The predicted molar refractivity (Wildman–Crippen MR) is 83.4 cm³/mol. The SMILES string of the molecule is Cn1c(N/N=C\c2ccc(I)o2)nc2ccccc21. The topological polar surface area (TPSA) is 55.4 Å². The van der Waals surface area contributed by atoms with E-state index in [0.29, 0.717) is 11.7 Å². The second kappa shape index (κ2) is 5.04. The van der Waals surface area contributed by atoms with Crippen molar-refractivity contribution < 1.29 is 4.42 Å². The third-order valence-corrected chi connectivity index (χ3v) is 3.32. The molecule has 6 heteroatoms. The summed E-state index contributed by atoms with van der Waals surface area (Å²) >= 11 is 2.11. The van der Waals surface area contributed by atoms with Gasteiger partial charge in [0.05, 0.1) is 17.2 Å². The molecule has 0 unspecified atom stereocenters. The van der Waals surface area contributed by atoms with E-state index in [1.54, 1.807) is 6.21 Å². The van der Waals surface area contributed by atoms with Gasteiger partial charge in [-0.2, -0.15) is 5.10 Å². The van der Waals surface area contributed by atoms with Gasteiger partial charge in [-0.05, 0) is 46.9 Å². The molecule has 0 fully saturated rings. The molecule has 0 saturated carbocycles. The van der Waals surface area contributed by atoms with Gasteiger partial charge in [0.25, 0.3) is 0 Å². The molecule has 0 amide bonds. The summed E-state index contributed by atoms with van der Waals surface area (Å²) in [5, 5.41) is 4.13. The number of nitrogens with zero attached hydrogens (tertiary/aromatic N) is 3. The molecular formula is C13H11IN4O. The first kappa shape index (κ1) is 12.2. The van der Waals surface area contributed by atoms with Gasteiger partial charge in [-0.1, -0.05) is 12.1 Å². The van der Waals surface area contributed by atoms with Crippen molar-refractivity contribution in [2.24, 2.45) is 12.1 Å². The van der Waals surface area contributed by atoms with Crippen LogP contribution >= 0.6 is 22.6 Å². The molecule has 0 saturated heterocycles. The minimum absolute atomic E-state index is 0.693. The van der Waals surface area contributed by atoms with E-state index in [1.807, 2.05) is 48.0 Å². The number of anilines is 1. The average molecular weight is 366 g/mol. The molecule has 0 atom stereocenters. The number of hydrogen-bond acceptors (Lipinski definition) is 4. The second-order valence-electron chi connectivity index (χ2n) is 4.00. The molecule has 96 valence electrons. The lowest BCUT2D eigenvalue weighted by atomic mass is 10.3. The Morgan fingerprint density at radius 1 is 1.32 bits per heavy atom. The summed E-state index contributed by atoms with van der Waals surface area (Å²) < 4.78 is 8.17. The van der Waals surface area contributed by atoms with Crippen molar-refractivity contribution in [3.8, 4) is 0 Å². The van der Waals surface area contributed by atoms with Crippen LogP contribution in [0.4, 0.5) is 5.95 Å². The summed E-state index contributed by atoms with van der Waals surface area (Å²) in [5.41, 5.74) is 4.92. The van der Waals surface area contributed by atoms with Crippen molar-refractivity contribution in [3.63, 3.8) is 0 Å². The summed E-state index contributed by atoms with van der Waals surface area (Å²) in [6.45, 7) is 0. The van der Waals surface area contributed by atoms with E-state index in [4.69, 9.17) is 4.42 Å². The highest BCUT2D eigenvalue weighted by Crippen LogP contribution is 2.17. The quantitative estimate of drug-likeness (QED) is 0.440. The summed E-state index contributed by atoms with van der Waals surface area (Å²) in [7, 11) is 1.95.